The first-order chi connectivity index (χ1) is 16.1. The highest BCUT2D eigenvalue weighted by molar-refractivity contribution is 7.77. The van der Waals surface area contributed by atoms with Crippen molar-refractivity contribution < 1.29 is 13.5 Å². The molecule has 1 aromatic carbocycles. The van der Waals surface area contributed by atoms with Crippen molar-refractivity contribution >= 4 is 22.6 Å². The monoisotopic (exact) mass is 467 g/mol. The molecule has 5 rings (SSSR count). The minimum Gasteiger partial charge on any atom is -0.382 e. The van der Waals surface area contributed by atoms with Crippen LogP contribution in [0.15, 0.2) is 48.9 Å². The molecule has 1 saturated heterocycles. The molecule has 0 amide bonds. The Morgan fingerprint density at radius 3 is 2.85 bits per heavy atom. The molecule has 11 heteroatoms. The van der Waals surface area contributed by atoms with E-state index in [-0.39, 0.29) is 6.04 Å². The van der Waals surface area contributed by atoms with Crippen molar-refractivity contribution in [2.75, 3.05) is 25.5 Å². The summed E-state index contributed by atoms with van der Waals surface area (Å²) in [6.07, 6.45) is 5.70. The fourth-order valence-electron chi connectivity index (χ4n) is 4.39. The standard InChI is InChI=1S/C22H25N7O3S/c23-22-21-18(19-5-8-25-28(19)17-6-10-32-11-7-17)13-20(29(21)26-14-24-22)16-3-1-2-15(12-16)4-9-27-33(30)31/h1-3,5,8,12-14,17,27H,4,6-7,9-11H2,(H,30,31)(H2,23,24,26). The molecule has 4 N–H and O–H groups in total. The molecule has 1 aliphatic rings. The number of ether oxygens (including phenoxy) is 1. The minimum atomic E-state index is -2.02. The Morgan fingerprint density at radius 1 is 1.18 bits per heavy atom. The number of hydrogen-bond donors (Lipinski definition) is 3. The maximum absolute atomic E-state index is 10.9. The molecule has 1 unspecified atom stereocenters. The van der Waals surface area contributed by atoms with Gasteiger partial charge < -0.3 is 10.5 Å². The number of nitrogen functional groups attached to an aromatic ring is 1. The Balaban J connectivity index is 1.58. The van der Waals surface area contributed by atoms with Gasteiger partial charge in [0.1, 0.15) is 11.8 Å². The van der Waals surface area contributed by atoms with Gasteiger partial charge in [-0.25, -0.2) is 18.4 Å². The molecule has 3 aromatic heterocycles. The average Bonchev–Trinajstić information content (AvgIpc) is 3.45. The second-order valence-corrected chi connectivity index (χ2v) is 8.73. The van der Waals surface area contributed by atoms with E-state index >= 15 is 0 Å². The van der Waals surface area contributed by atoms with Crippen molar-refractivity contribution in [1.82, 2.24) is 29.1 Å². The lowest BCUT2D eigenvalue weighted by molar-refractivity contribution is 0.0667. The lowest BCUT2D eigenvalue weighted by atomic mass is 10.0. The van der Waals surface area contributed by atoms with E-state index in [0.717, 1.165) is 59.7 Å². The van der Waals surface area contributed by atoms with Gasteiger partial charge in [-0.15, -0.1) is 0 Å². The minimum absolute atomic E-state index is 0.265. The summed E-state index contributed by atoms with van der Waals surface area (Å²) in [6, 6.07) is 12.4. The zero-order valence-corrected chi connectivity index (χ0v) is 18.7. The third-order valence-electron chi connectivity index (χ3n) is 5.93. The van der Waals surface area contributed by atoms with Gasteiger partial charge in [-0.1, -0.05) is 18.2 Å². The topological polar surface area (TPSA) is 133 Å². The molecule has 10 nitrogen and oxygen atoms in total. The van der Waals surface area contributed by atoms with Crippen molar-refractivity contribution in [1.29, 1.82) is 0 Å². The molecule has 0 spiro atoms. The Bertz CT molecular complexity index is 1300. The maximum Gasteiger partial charge on any atom is 0.231 e. The Labute approximate surface area is 193 Å². The van der Waals surface area contributed by atoms with Crippen LogP contribution in [0.25, 0.3) is 28.0 Å². The van der Waals surface area contributed by atoms with E-state index in [9.17, 15) is 4.21 Å². The molecule has 0 saturated carbocycles. The molecule has 0 bridgehead atoms. The summed E-state index contributed by atoms with van der Waals surface area (Å²) in [5.74, 6) is 0.400. The number of fused-ring (bicyclic) bond motifs is 1. The Morgan fingerprint density at radius 2 is 2.03 bits per heavy atom. The van der Waals surface area contributed by atoms with E-state index in [0.29, 0.717) is 18.8 Å². The zero-order chi connectivity index (χ0) is 22.8. The van der Waals surface area contributed by atoms with Crippen molar-refractivity contribution in [2.24, 2.45) is 0 Å². The van der Waals surface area contributed by atoms with E-state index < -0.39 is 11.3 Å². The van der Waals surface area contributed by atoms with Crippen molar-refractivity contribution in [3.05, 3.63) is 54.5 Å². The van der Waals surface area contributed by atoms with Crippen LogP contribution >= 0.6 is 0 Å². The Kier molecular flexibility index (Phi) is 6.18. The molecule has 33 heavy (non-hydrogen) atoms. The molecule has 1 aliphatic heterocycles. The van der Waals surface area contributed by atoms with Gasteiger partial charge >= 0.3 is 0 Å². The van der Waals surface area contributed by atoms with Gasteiger partial charge in [0.15, 0.2) is 5.82 Å². The first-order valence-electron chi connectivity index (χ1n) is 10.8. The first kappa shape index (κ1) is 21.7. The largest absolute Gasteiger partial charge is 0.382 e. The van der Waals surface area contributed by atoms with Crippen LogP contribution in [0, 0.1) is 0 Å². The van der Waals surface area contributed by atoms with Gasteiger partial charge in [0.25, 0.3) is 0 Å². The fraction of sp³-hybridized carbons (Fsp3) is 0.318. The van der Waals surface area contributed by atoms with Crippen LogP contribution < -0.4 is 10.5 Å². The maximum atomic E-state index is 10.9. The van der Waals surface area contributed by atoms with Crippen LogP contribution in [-0.2, 0) is 22.4 Å². The number of nitrogens with one attached hydrogen (secondary N) is 1. The second kappa shape index (κ2) is 9.40. The molecule has 4 heterocycles. The third kappa shape index (κ3) is 4.40. The normalized spacial score (nSPS) is 15.8. The van der Waals surface area contributed by atoms with Crippen LogP contribution in [0.5, 0.6) is 0 Å². The van der Waals surface area contributed by atoms with Gasteiger partial charge in [0, 0.05) is 37.1 Å². The van der Waals surface area contributed by atoms with Crippen LogP contribution in [-0.4, -0.2) is 52.9 Å². The highest BCUT2D eigenvalue weighted by atomic mass is 32.2. The zero-order valence-electron chi connectivity index (χ0n) is 17.9. The highest BCUT2D eigenvalue weighted by Gasteiger charge is 2.23. The summed E-state index contributed by atoms with van der Waals surface area (Å²) in [4.78, 5) is 4.24. The molecule has 1 fully saturated rings. The summed E-state index contributed by atoms with van der Waals surface area (Å²) in [7, 11) is 0. The molecule has 172 valence electrons. The molecule has 0 radical (unpaired) electrons. The quantitative estimate of drug-likeness (QED) is 0.356. The van der Waals surface area contributed by atoms with Gasteiger partial charge in [-0.2, -0.15) is 10.2 Å². The summed E-state index contributed by atoms with van der Waals surface area (Å²) in [5.41, 5.74) is 11.8. The van der Waals surface area contributed by atoms with Crippen molar-refractivity contribution in [3.8, 4) is 22.5 Å². The average molecular weight is 468 g/mol. The summed E-state index contributed by atoms with van der Waals surface area (Å²) in [5, 5.41) is 9.11. The number of anilines is 1. The predicted molar refractivity (Wildman–Crippen MR) is 126 cm³/mol. The van der Waals surface area contributed by atoms with Gasteiger partial charge in [0.05, 0.1) is 17.4 Å². The van der Waals surface area contributed by atoms with Crippen LogP contribution in [0.3, 0.4) is 0 Å². The second-order valence-electron chi connectivity index (χ2n) is 7.95. The summed E-state index contributed by atoms with van der Waals surface area (Å²) >= 11 is -2.02. The van der Waals surface area contributed by atoms with Crippen LogP contribution in [0.1, 0.15) is 24.4 Å². The van der Waals surface area contributed by atoms with E-state index in [2.05, 4.69) is 36.7 Å². The highest BCUT2D eigenvalue weighted by Crippen LogP contribution is 2.36. The van der Waals surface area contributed by atoms with Crippen molar-refractivity contribution in [2.45, 2.75) is 25.3 Å². The summed E-state index contributed by atoms with van der Waals surface area (Å²) in [6.45, 7) is 1.84. The number of hydrogen-bond acceptors (Lipinski definition) is 6. The third-order valence-corrected chi connectivity index (χ3v) is 6.38. The number of aromatic nitrogens is 5. The van der Waals surface area contributed by atoms with Crippen molar-refractivity contribution in [3.63, 3.8) is 0 Å². The van der Waals surface area contributed by atoms with Gasteiger partial charge in [0.2, 0.25) is 11.3 Å². The molecule has 0 aliphatic carbocycles. The Hall–Kier alpha value is -3.12. The number of nitrogens with two attached hydrogens (primary N) is 1. The van der Waals surface area contributed by atoms with Gasteiger partial charge in [-0.3, -0.25) is 9.23 Å². The van der Waals surface area contributed by atoms with Crippen LogP contribution in [0.2, 0.25) is 0 Å². The number of benzene rings is 1. The molecular formula is C22H25N7O3S. The first-order valence-corrected chi connectivity index (χ1v) is 11.9. The molecular weight excluding hydrogens is 442 g/mol. The lowest BCUT2D eigenvalue weighted by Crippen LogP contribution is -2.21. The van der Waals surface area contributed by atoms with E-state index in [1.54, 1.807) is 0 Å². The molecule has 4 aromatic rings. The van der Waals surface area contributed by atoms with Crippen LogP contribution in [0.4, 0.5) is 5.82 Å². The van der Waals surface area contributed by atoms with E-state index in [1.165, 1.54) is 6.33 Å². The predicted octanol–water partition coefficient (Wildman–Crippen LogP) is 2.46. The lowest BCUT2D eigenvalue weighted by Gasteiger charge is -2.24. The SMILES string of the molecule is Nc1ncnn2c(-c3cccc(CCNS(=O)O)c3)cc(-c3ccnn3C3CCOCC3)c12. The molecule has 1 atom stereocenters. The number of nitrogens with zero attached hydrogens (tertiary/aromatic N) is 5. The van der Waals surface area contributed by atoms with E-state index in [4.69, 9.17) is 15.0 Å². The van der Waals surface area contributed by atoms with E-state index in [1.807, 2.05) is 35.0 Å². The van der Waals surface area contributed by atoms with Gasteiger partial charge in [-0.05, 0) is 43.0 Å². The number of rotatable bonds is 7. The smallest absolute Gasteiger partial charge is 0.231 e. The fourth-order valence-corrected chi connectivity index (χ4v) is 4.66. The summed E-state index contributed by atoms with van der Waals surface area (Å²) < 4.78 is 31.7.